The van der Waals surface area contributed by atoms with E-state index in [1.807, 2.05) is 25.3 Å². The van der Waals surface area contributed by atoms with Gasteiger partial charge in [-0.25, -0.2) is 4.79 Å². The Morgan fingerprint density at radius 2 is 2.00 bits per heavy atom. The quantitative estimate of drug-likeness (QED) is 0.882. The minimum absolute atomic E-state index is 0.105. The first kappa shape index (κ1) is 14.6. The Bertz CT molecular complexity index is 656. The summed E-state index contributed by atoms with van der Waals surface area (Å²) in [6.07, 6.45) is 1.44. The van der Waals surface area contributed by atoms with Crippen LogP contribution in [0.2, 0.25) is 0 Å². The minimum Gasteiger partial charge on any atom is -0.478 e. The molecule has 0 amide bonds. The molecule has 0 unspecified atom stereocenters. The summed E-state index contributed by atoms with van der Waals surface area (Å²) in [7, 11) is 0. The van der Waals surface area contributed by atoms with Crippen LogP contribution >= 0.6 is 0 Å². The van der Waals surface area contributed by atoms with Crippen molar-refractivity contribution in [2.45, 2.75) is 40.2 Å². The van der Waals surface area contributed by atoms with Gasteiger partial charge in [-0.1, -0.05) is 6.92 Å². The molecule has 1 aromatic heterocycles. The van der Waals surface area contributed by atoms with Gasteiger partial charge in [0.05, 0.1) is 11.1 Å². The molecular weight excluding hydrogens is 254 g/mol. The standard InChI is InChI=1S/C16H21NO3/c1-4-12-8-13-10(2)11(3)17(6-5-7-18)15(13)14(9-12)16(19)20/h8-9,18H,4-7H2,1-3H3,(H,19,20). The molecule has 0 bridgehead atoms. The second-order valence-electron chi connectivity index (χ2n) is 5.14. The Hall–Kier alpha value is -1.81. The zero-order valence-electron chi connectivity index (χ0n) is 12.2. The van der Waals surface area contributed by atoms with E-state index in [0.717, 1.165) is 34.1 Å². The lowest BCUT2D eigenvalue weighted by Gasteiger charge is -2.10. The molecule has 0 spiro atoms. The molecule has 4 nitrogen and oxygen atoms in total. The van der Waals surface area contributed by atoms with Crippen LogP contribution in [-0.2, 0) is 13.0 Å². The summed E-state index contributed by atoms with van der Waals surface area (Å²) < 4.78 is 2.02. The normalized spacial score (nSPS) is 11.2. The number of hydrogen-bond donors (Lipinski definition) is 2. The van der Waals surface area contributed by atoms with E-state index in [4.69, 9.17) is 5.11 Å². The highest BCUT2D eigenvalue weighted by molar-refractivity contribution is 6.04. The average molecular weight is 275 g/mol. The maximum absolute atomic E-state index is 11.6. The molecule has 108 valence electrons. The van der Waals surface area contributed by atoms with Gasteiger partial charge in [0, 0.05) is 24.2 Å². The minimum atomic E-state index is -0.895. The van der Waals surface area contributed by atoms with Crippen LogP contribution in [0.4, 0.5) is 0 Å². The number of carbonyl (C=O) groups is 1. The van der Waals surface area contributed by atoms with Crippen molar-refractivity contribution in [1.82, 2.24) is 4.57 Å². The fourth-order valence-electron chi connectivity index (χ4n) is 2.71. The average Bonchev–Trinajstić information content (AvgIpc) is 2.68. The molecule has 0 saturated carbocycles. The van der Waals surface area contributed by atoms with E-state index in [0.29, 0.717) is 18.5 Å². The van der Waals surface area contributed by atoms with Gasteiger partial charge in [-0.15, -0.1) is 0 Å². The van der Waals surface area contributed by atoms with Crippen molar-refractivity contribution < 1.29 is 15.0 Å². The van der Waals surface area contributed by atoms with E-state index in [2.05, 4.69) is 6.07 Å². The van der Waals surface area contributed by atoms with E-state index in [1.54, 1.807) is 6.07 Å². The molecule has 2 N–H and O–H groups in total. The summed E-state index contributed by atoms with van der Waals surface area (Å²) in [5, 5.41) is 19.5. The summed E-state index contributed by atoms with van der Waals surface area (Å²) in [6.45, 7) is 6.80. The number of aromatic carboxylic acids is 1. The Balaban J connectivity index is 2.79. The molecule has 2 aromatic rings. The monoisotopic (exact) mass is 275 g/mol. The Morgan fingerprint density at radius 3 is 2.55 bits per heavy atom. The molecule has 0 aliphatic heterocycles. The summed E-state index contributed by atoms with van der Waals surface area (Å²) in [5.41, 5.74) is 4.36. The Labute approximate surface area is 118 Å². The molecule has 20 heavy (non-hydrogen) atoms. The second kappa shape index (κ2) is 5.67. The van der Waals surface area contributed by atoms with E-state index < -0.39 is 5.97 Å². The van der Waals surface area contributed by atoms with E-state index >= 15 is 0 Å². The summed E-state index contributed by atoms with van der Waals surface area (Å²) >= 11 is 0. The van der Waals surface area contributed by atoms with Gasteiger partial charge in [-0.05, 0) is 49.9 Å². The number of aliphatic hydroxyl groups is 1. The predicted molar refractivity (Wildman–Crippen MR) is 79.5 cm³/mol. The van der Waals surface area contributed by atoms with Crippen LogP contribution in [0, 0.1) is 13.8 Å². The molecule has 4 heteroatoms. The molecule has 0 radical (unpaired) electrons. The van der Waals surface area contributed by atoms with Crippen LogP contribution in [-0.4, -0.2) is 27.4 Å². The van der Waals surface area contributed by atoms with Crippen molar-refractivity contribution in [2.75, 3.05) is 6.61 Å². The van der Waals surface area contributed by atoms with Crippen molar-refractivity contribution in [1.29, 1.82) is 0 Å². The lowest BCUT2D eigenvalue weighted by Crippen LogP contribution is -2.07. The molecule has 0 aliphatic rings. The van der Waals surface area contributed by atoms with Gasteiger partial charge in [-0.2, -0.15) is 0 Å². The second-order valence-corrected chi connectivity index (χ2v) is 5.14. The van der Waals surface area contributed by atoms with Crippen LogP contribution < -0.4 is 0 Å². The molecule has 2 rings (SSSR count). The maximum Gasteiger partial charge on any atom is 0.337 e. The predicted octanol–water partition coefficient (Wildman–Crippen LogP) is 2.90. The zero-order chi connectivity index (χ0) is 14.9. The third-order valence-electron chi connectivity index (χ3n) is 3.97. The first-order valence-electron chi connectivity index (χ1n) is 6.97. The largest absolute Gasteiger partial charge is 0.478 e. The third kappa shape index (κ3) is 2.31. The van der Waals surface area contributed by atoms with Crippen molar-refractivity contribution in [2.24, 2.45) is 0 Å². The number of carboxylic acids is 1. The molecule has 1 aromatic carbocycles. The van der Waals surface area contributed by atoms with Crippen molar-refractivity contribution >= 4 is 16.9 Å². The Kier molecular flexibility index (Phi) is 4.14. The fraction of sp³-hybridized carbons (Fsp3) is 0.438. The highest BCUT2D eigenvalue weighted by atomic mass is 16.4. The molecule has 0 saturated heterocycles. The van der Waals surface area contributed by atoms with Crippen LogP contribution in [0.25, 0.3) is 10.9 Å². The number of benzene rings is 1. The zero-order valence-corrected chi connectivity index (χ0v) is 12.2. The van der Waals surface area contributed by atoms with Gasteiger partial charge in [0.1, 0.15) is 0 Å². The van der Waals surface area contributed by atoms with Gasteiger partial charge in [-0.3, -0.25) is 0 Å². The number of fused-ring (bicyclic) bond motifs is 1. The van der Waals surface area contributed by atoms with Crippen molar-refractivity contribution in [3.05, 3.63) is 34.5 Å². The molecular formula is C16H21NO3. The number of aryl methyl sites for hydroxylation is 3. The van der Waals surface area contributed by atoms with Crippen LogP contribution in [0.5, 0.6) is 0 Å². The van der Waals surface area contributed by atoms with E-state index in [9.17, 15) is 9.90 Å². The maximum atomic E-state index is 11.6. The van der Waals surface area contributed by atoms with Crippen molar-refractivity contribution in [3.8, 4) is 0 Å². The molecule has 0 fully saturated rings. The molecule has 0 aliphatic carbocycles. The first-order chi connectivity index (χ1) is 9.51. The fourth-order valence-corrected chi connectivity index (χ4v) is 2.71. The highest BCUT2D eigenvalue weighted by Crippen LogP contribution is 2.30. The SMILES string of the molecule is CCc1cc(C(=O)O)c2c(c1)c(C)c(C)n2CCCO. The number of nitrogens with zero attached hydrogens (tertiary/aromatic N) is 1. The lowest BCUT2D eigenvalue weighted by molar-refractivity contribution is 0.0698. The summed E-state index contributed by atoms with van der Waals surface area (Å²) in [4.78, 5) is 11.6. The number of aliphatic hydroxyl groups excluding tert-OH is 1. The number of hydrogen-bond acceptors (Lipinski definition) is 2. The third-order valence-corrected chi connectivity index (χ3v) is 3.97. The Morgan fingerprint density at radius 1 is 1.30 bits per heavy atom. The van der Waals surface area contributed by atoms with Gasteiger partial charge in [0.2, 0.25) is 0 Å². The summed E-state index contributed by atoms with van der Waals surface area (Å²) in [6, 6.07) is 3.85. The summed E-state index contributed by atoms with van der Waals surface area (Å²) in [5.74, 6) is -0.895. The number of aromatic nitrogens is 1. The van der Waals surface area contributed by atoms with Gasteiger partial charge in [0.25, 0.3) is 0 Å². The van der Waals surface area contributed by atoms with Gasteiger partial charge < -0.3 is 14.8 Å². The van der Waals surface area contributed by atoms with Crippen LogP contribution in [0.3, 0.4) is 0 Å². The number of carboxylic acid groups (broad SMARTS) is 1. The smallest absolute Gasteiger partial charge is 0.337 e. The first-order valence-corrected chi connectivity index (χ1v) is 6.97. The topological polar surface area (TPSA) is 62.5 Å². The van der Waals surface area contributed by atoms with Gasteiger partial charge in [0.15, 0.2) is 0 Å². The van der Waals surface area contributed by atoms with Crippen LogP contribution in [0.1, 0.15) is 40.5 Å². The van der Waals surface area contributed by atoms with E-state index in [-0.39, 0.29) is 6.61 Å². The highest BCUT2D eigenvalue weighted by Gasteiger charge is 2.18. The van der Waals surface area contributed by atoms with E-state index in [1.165, 1.54) is 0 Å². The van der Waals surface area contributed by atoms with Crippen LogP contribution in [0.15, 0.2) is 12.1 Å². The lowest BCUT2D eigenvalue weighted by atomic mass is 10.0. The number of rotatable bonds is 5. The molecule has 1 heterocycles. The van der Waals surface area contributed by atoms with Gasteiger partial charge >= 0.3 is 5.97 Å². The van der Waals surface area contributed by atoms with Crippen molar-refractivity contribution in [3.63, 3.8) is 0 Å². The molecule has 0 atom stereocenters.